The summed E-state index contributed by atoms with van der Waals surface area (Å²) in [5.74, 6) is 0.421. The number of hydrogen-bond acceptors (Lipinski definition) is 3. The minimum absolute atomic E-state index is 0.288. The molecule has 0 spiro atoms. The van der Waals surface area contributed by atoms with Gasteiger partial charge in [0.1, 0.15) is 18.2 Å². The van der Waals surface area contributed by atoms with Gasteiger partial charge in [-0.25, -0.2) is 4.39 Å². The maximum Gasteiger partial charge on any atom is 0.142 e. The molecule has 2 rings (SSSR count). The van der Waals surface area contributed by atoms with Crippen molar-refractivity contribution in [3.8, 4) is 5.75 Å². The van der Waals surface area contributed by atoms with Crippen molar-refractivity contribution < 1.29 is 9.13 Å². The molecule has 0 saturated heterocycles. The predicted octanol–water partition coefficient (Wildman–Crippen LogP) is 3.59. The van der Waals surface area contributed by atoms with Gasteiger partial charge in [-0.3, -0.25) is 4.98 Å². The van der Waals surface area contributed by atoms with Gasteiger partial charge in [-0.1, -0.05) is 12.1 Å². The van der Waals surface area contributed by atoms with Crippen molar-refractivity contribution in [2.45, 2.75) is 20.1 Å². The third kappa shape index (κ3) is 3.55. The second-order valence-electron chi connectivity index (χ2n) is 4.43. The lowest BCUT2D eigenvalue weighted by Gasteiger charge is -2.12. The van der Waals surface area contributed by atoms with Gasteiger partial charge in [0.05, 0.1) is 10.2 Å². The van der Waals surface area contributed by atoms with Crippen LogP contribution in [0.5, 0.6) is 5.75 Å². The van der Waals surface area contributed by atoms with Gasteiger partial charge >= 0.3 is 0 Å². The summed E-state index contributed by atoms with van der Waals surface area (Å²) in [5.41, 5.74) is 2.55. The van der Waals surface area contributed by atoms with Crippen LogP contribution in [-0.4, -0.2) is 12.0 Å². The van der Waals surface area contributed by atoms with Gasteiger partial charge in [0.2, 0.25) is 0 Å². The molecule has 1 aromatic heterocycles. The van der Waals surface area contributed by atoms with Crippen LogP contribution in [0.25, 0.3) is 0 Å². The number of nitrogens with one attached hydrogen (secondary N) is 1. The quantitative estimate of drug-likeness (QED) is 0.904. The summed E-state index contributed by atoms with van der Waals surface area (Å²) in [4.78, 5) is 4.44. The van der Waals surface area contributed by atoms with E-state index in [0.29, 0.717) is 23.4 Å². The van der Waals surface area contributed by atoms with Crippen molar-refractivity contribution in [3.63, 3.8) is 0 Å². The average Bonchev–Trinajstić information content (AvgIpc) is 2.42. The van der Waals surface area contributed by atoms with Crippen LogP contribution in [0.4, 0.5) is 4.39 Å². The van der Waals surface area contributed by atoms with Crippen molar-refractivity contribution in [2.75, 3.05) is 7.05 Å². The Hall–Kier alpha value is -1.46. The summed E-state index contributed by atoms with van der Waals surface area (Å²) in [7, 11) is 1.86. The molecule has 1 heterocycles. The molecule has 0 saturated carbocycles. The molecule has 1 N–H and O–H groups in total. The smallest absolute Gasteiger partial charge is 0.142 e. The summed E-state index contributed by atoms with van der Waals surface area (Å²) in [6.07, 6.45) is 0. The number of rotatable bonds is 5. The maximum absolute atomic E-state index is 13.4. The van der Waals surface area contributed by atoms with Crippen LogP contribution >= 0.6 is 15.9 Å². The number of benzene rings is 1. The number of halogens is 2. The molecule has 0 amide bonds. The molecule has 20 heavy (non-hydrogen) atoms. The number of hydrogen-bond donors (Lipinski definition) is 1. The molecule has 0 unspecified atom stereocenters. The molecule has 0 bridgehead atoms. The Bertz CT molecular complexity index is 604. The topological polar surface area (TPSA) is 34.2 Å². The summed E-state index contributed by atoms with van der Waals surface area (Å²) in [6.45, 7) is 2.85. The second-order valence-corrected chi connectivity index (χ2v) is 5.22. The first-order chi connectivity index (χ1) is 9.61. The van der Waals surface area contributed by atoms with Crippen LogP contribution in [0.1, 0.15) is 17.0 Å². The fourth-order valence-corrected chi connectivity index (χ4v) is 2.22. The minimum Gasteiger partial charge on any atom is -0.487 e. The SMILES string of the molecule is CNCc1nc(C)ccc1OCc1cccc(F)c1Br. The van der Waals surface area contributed by atoms with E-state index in [1.54, 1.807) is 6.07 Å². The third-order valence-corrected chi connectivity index (χ3v) is 3.72. The Morgan fingerprint density at radius 2 is 2.10 bits per heavy atom. The first-order valence-electron chi connectivity index (χ1n) is 6.28. The van der Waals surface area contributed by atoms with Gasteiger partial charge < -0.3 is 10.1 Å². The number of ether oxygens (including phenoxy) is 1. The zero-order valence-electron chi connectivity index (χ0n) is 11.4. The minimum atomic E-state index is -0.288. The molecule has 0 fully saturated rings. The molecule has 0 aliphatic rings. The Morgan fingerprint density at radius 1 is 1.30 bits per heavy atom. The second kappa shape index (κ2) is 6.81. The van der Waals surface area contributed by atoms with Crippen LogP contribution in [0.15, 0.2) is 34.8 Å². The monoisotopic (exact) mass is 338 g/mol. The van der Waals surface area contributed by atoms with Crippen molar-refractivity contribution in [3.05, 3.63) is 57.6 Å². The zero-order chi connectivity index (χ0) is 14.5. The third-order valence-electron chi connectivity index (χ3n) is 2.83. The molecular weight excluding hydrogens is 323 g/mol. The van der Waals surface area contributed by atoms with Gasteiger partial charge in [0.15, 0.2) is 0 Å². The van der Waals surface area contributed by atoms with E-state index >= 15 is 0 Å². The Morgan fingerprint density at radius 3 is 2.85 bits per heavy atom. The van der Waals surface area contributed by atoms with Gasteiger partial charge in [-0.2, -0.15) is 0 Å². The molecule has 5 heteroatoms. The number of pyridine rings is 1. The molecular formula is C15H16BrFN2O. The molecule has 0 aliphatic carbocycles. The van der Waals surface area contributed by atoms with Crippen LogP contribution in [0.2, 0.25) is 0 Å². The van der Waals surface area contributed by atoms with E-state index in [1.165, 1.54) is 6.07 Å². The molecule has 3 nitrogen and oxygen atoms in total. The zero-order valence-corrected chi connectivity index (χ0v) is 13.0. The summed E-state index contributed by atoms with van der Waals surface area (Å²) in [5, 5.41) is 3.06. The largest absolute Gasteiger partial charge is 0.487 e. The van der Waals surface area contributed by atoms with E-state index in [0.717, 1.165) is 17.0 Å². The first kappa shape index (κ1) is 14.9. The summed E-state index contributed by atoms with van der Waals surface area (Å²) in [6, 6.07) is 8.69. The molecule has 1 aromatic carbocycles. The lowest BCUT2D eigenvalue weighted by Crippen LogP contribution is -2.10. The normalized spacial score (nSPS) is 10.6. The van der Waals surface area contributed by atoms with Crippen LogP contribution in [-0.2, 0) is 13.2 Å². The number of nitrogens with zero attached hydrogens (tertiary/aromatic N) is 1. The first-order valence-corrected chi connectivity index (χ1v) is 7.08. The van der Waals surface area contributed by atoms with Crippen LogP contribution < -0.4 is 10.1 Å². The van der Waals surface area contributed by atoms with Crippen molar-refractivity contribution in [1.29, 1.82) is 0 Å². The van der Waals surface area contributed by atoms with E-state index in [-0.39, 0.29) is 5.82 Å². The fourth-order valence-electron chi connectivity index (χ4n) is 1.84. The van der Waals surface area contributed by atoms with E-state index < -0.39 is 0 Å². The molecule has 106 valence electrons. The van der Waals surface area contributed by atoms with Crippen molar-refractivity contribution in [1.82, 2.24) is 10.3 Å². The van der Waals surface area contributed by atoms with Gasteiger partial charge in [0.25, 0.3) is 0 Å². The van der Waals surface area contributed by atoms with Gasteiger partial charge in [0, 0.05) is 17.8 Å². The predicted molar refractivity (Wildman–Crippen MR) is 80.2 cm³/mol. The fraction of sp³-hybridized carbons (Fsp3) is 0.267. The van der Waals surface area contributed by atoms with Crippen molar-refractivity contribution >= 4 is 15.9 Å². The van der Waals surface area contributed by atoms with E-state index in [1.807, 2.05) is 32.2 Å². The lowest BCUT2D eigenvalue weighted by molar-refractivity contribution is 0.299. The summed E-state index contributed by atoms with van der Waals surface area (Å²) < 4.78 is 19.6. The molecule has 0 atom stereocenters. The maximum atomic E-state index is 13.4. The number of aryl methyl sites for hydroxylation is 1. The van der Waals surface area contributed by atoms with Crippen LogP contribution in [0, 0.1) is 12.7 Å². The standard InChI is InChI=1S/C15H16BrFN2O/c1-10-6-7-14(13(19-10)8-18-2)20-9-11-4-3-5-12(17)15(11)16/h3-7,18H,8-9H2,1-2H3. The van der Waals surface area contributed by atoms with Crippen LogP contribution in [0.3, 0.4) is 0 Å². The molecule has 2 aromatic rings. The Labute approximate surface area is 126 Å². The highest BCUT2D eigenvalue weighted by Crippen LogP contribution is 2.23. The molecule has 0 radical (unpaired) electrons. The highest BCUT2D eigenvalue weighted by Gasteiger charge is 2.09. The van der Waals surface area contributed by atoms with E-state index in [2.05, 4.69) is 26.2 Å². The molecule has 0 aliphatic heterocycles. The van der Waals surface area contributed by atoms with E-state index in [4.69, 9.17) is 4.74 Å². The van der Waals surface area contributed by atoms with Gasteiger partial charge in [-0.05, 0) is 48.1 Å². The average molecular weight is 339 g/mol. The van der Waals surface area contributed by atoms with Gasteiger partial charge in [-0.15, -0.1) is 0 Å². The lowest BCUT2D eigenvalue weighted by atomic mass is 10.2. The highest BCUT2D eigenvalue weighted by atomic mass is 79.9. The van der Waals surface area contributed by atoms with E-state index in [9.17, 15) is 4.39 Å². The summed E-state index contributed by atoms with van der Waals surface area (Å²) >= 11 is 3.23. The number of aromatic nitrogens is 1. The Balaban J connectivity index is 2.16. The Kier molecular flexibility index (Phi) is 5.09. The van der Waals surface area contributed by atoms with Crippen molar-refractivity contribution in [2.24, 2.45) is 0 Å². The highest BCUT2D eigenvalue weighted by molar-refractivity contribution is 9.10.